The second-order valence-electron chi connectivity index (χ2n) is 3.84. The molecule has 0 unspecified atom stereocenters. The summed E-state index contributed by atoms with van der Waals surface area (Å²) in [7, 11) is 0. The summed E-state index contributed by atoms with van der Waals surface area (Å²) >= 11 is 0. The number of hydrogen-bond acceptors (Lipinski definition) is 2. The van der Waals surface area contributed by atoms with Crippen LogP contribution in [0.5, 0.6) is 0 Å². The molecule has 0 atom stereocenters. The molecule has 0 fully saturated rings. The van der Waals surface area contributed by atoms with Gasteiger partial charge in [0.25, 0.3) is 0 Å². The summed E-state index contributed by atoms with van der Waals surface area (Å²) < 4.78 is 0. The van der Waals surface area contributed by atoms with Gasteiger partial charge in [-0.1, -0.05) is 53.2 Å². The fraction of sp³-hybridized carbons (Fsp3) is 0.750. The lowest BCUT2D eigenvalue weighted by molar-refractivity contribution is 0.306. The van der Waals surface area contributed by atoms with Gasteiger partial charge in [-0.15, -0.1) is 0 Å². The molecular weight excluding hydrogens is 220 g/mol. The molecule has 1 aliphatic carbocycles. The molecule has 0 bridgehead atoms. The van der Waals surface area contributed by atoms with Crippen molar-refractivity contribution in [1.29, 1.82) is 0 Å². The van der Waals surface area contributed by atoms with Gasteiger partial charge in [0.1, 0.15) is 0 Å². The zero-order valence-corrected chi connectivity index (χ0v) is 13.4. The lowest BCUT2D eigenvalue weighted by atomic mass is 10.00. The maximum absolute atomic E-state index is 5.71. The first-order chi connectivity index (χ1) is 8.76. The lowest BCUT2D eigenvalue weighted by Gasteiger charge is -2.19. The van der Waals surface area contributed by atoms with E-state index in [1.165, 1.54) is 13.0 Å². The average molecular weight is 254 g/mol. The van der Waals surface area contributed by atoms with E-state index >= 15 is 0 Å². The van der Waals surface area contributed by atoms with Crippen LogP contribution in [-0.2, 0) is 0 Å². The summed E-state index contributed by atoms with van der Waals surface area (Å²) in [5, 5.41) is 0. The van der Waals surface area contributed by atoms with Crippen molar-refractivity contribution in [2.45, 2.75) is 60.8 Å². The first kappa shape index (κ1) is 19.6. The predicted molar refractivity (Wildman–Crippen MR) is 84.7 cm³/mol. The molecule has 18 heavy (non-hydrogen) atoms. The Labute approximate surface area is 115 Å². The zero-order chi connectivity index (χ0) is 14.4. The third kappa shape index (κ3) is 9.29. The van der Waals surface area contributed by atoms with Gasteiger partial charge in [0.15, 0.2) is 0 Å². The Morgan fingerprint density at radius 3 is 1.94 bits per heavy atom. The second-order valence-corrected chi connectivity index (χ2v) is 3.84. The predicted octanol–water partition coefficient (Wildman–Crippen LogP) is 4.33. The molecule has 0 aliphatic heterocycles. The summed E-state index contributed by atoms with van der Waals surface area (Å²) in [5.41, 5.74) is 8.28. The Morgan fingerprint density at radius 1 is 1.00 bits per heavy atom. The molecule has 0 heterocycles. The van der Waals surface area contributed by atoms with E-state index in [1.807, 2.05) is 27.7 Å². The van der Waals surface area contributed by atoms with Gasteiger partial charge >= 0.3 is 0 Å². The highest BCUT2D eigenvalue weighted by atomic mass is 15.1. The van der Waals surface area contributed by atoms with Gasteiger partial charge in [0.2, 0.25) is 0 Å². The van der Waals surface area contributed by atoms with E-state index < -0.39 is 0 Å². The van der Waals surface area contributed by atoms with Crippen molar-refractivity contribution in [3.8, 4) is 0 Å². The van der Waals surface area contributed by atoms with Crippen LogP contribution in [0.15, 0.2) is 23.4 Å². The first-order valence-electron chi connectivity index (χ1n) is 7.62. The molecule has 2 nitrogen and oxygen atoms in total. The monoisotopic (exact) mass is 254 g/mol. The number of nitrogens with zero attached hydrogens (tertiary/aromatic N) is 1. The molecule has 0 radical (unpaired) electrons. The minimum atomic E-state index is 1.02. The van der Waals surface area contributed by atoms with Gasteiger partial charge < -0.3 is 10.6 Å². The molecular formula is C16H34N2. The number of allylic oxidation sites excluding steroid dienone is 3. The van der Waals surface area contributed by atoms with Crippen molar-refractivity contribution in [3.05, 3.63) is 23.4 Å². The number of rotatable bonds is 5. The van der Waals surface area contributed by atoms with Crippen molar-refractivity contribution in [2.24, 2.45) is 5.73 Å². The van der Waals surface area contributed by atoms with Crippen LogP contribution in [0, 0.1) is 0 Å². The van der Waals surface area contributed by atoms with E-state index in [9.17, 15) is 0 Å². The maximum Gasteiger partial charge on any atom is 0.00836 e. The van der Waals surface area contributed by atoms with Gasteiger partial charge in [-0.3, -0.25) is 0 Å². The topological polar surface area (TPSA) is 29.3 Å². The van der Waals surface area contributed by atoms with Crippen molar-refractivity contribution < 1.29 is 0 Å². The van der Waals surface area contributed by atoms with E-state index in [0.717, 1.165) is 31.6 Å². The van der Waals surface area contributed by atoms with E-state index in [2.05, 4.69) is 30.9 Å². The number of hydrogen-bond donors (Lipinski definition) is 1. The summed E-state index contributed by atoms with van der Waals surface area (Å²) in [6.07, 6.45) is 7.66. The molecule has 0 saturated heterocycles. The molecule has 2 heteroatoms. The third-order valence-corrected chi connectivity index (χ3v) is 2.91. The zero-order valence-electron chi connectivity index (χ0n) is 13.4. The largest absolute Gasteiger partial charge is 0.402 e. The van der Waals surface area contributed by atoms with Gasteiger partial charge in [0.05, 0.1) is 0 Å². The quantitative estimate of drug-likeness (QED) is 0.791. The van der Waals surface area contributed by atoms with Gasteiger partial charge in [-0.05, 0) is 38.4 Å². The Hall–Kier alpha value is -0.760. The van der Waals surface area contributed by atoms with Crippen molar-refractivity contribution in [3.63, 3.8) is 0 Å². The normalized spacial score (nSPS) is 13.7. The molecule has 0 amide bonds. The molecule has 0 aromatic carbocycles. The molecule has 1 aliphatic rings. The Balaban J connectivity index is 0. The van der Waals surface area contributed by atoms with Gasteiger partial charge in [0, 0.05) is 12.2 Å². The Bertz CT molecular complexity index is 225. The average Bonchev–Trinajstić information content (AvgIpc) is 2.46. The highest BCUT2D eigenvalue weighted by molar-refractivity contribution is 5.22. The highest BCUT2D eigenvalue weighted by Crippen LogP contribution is 2.18. The fourth-order valence-corrected chi connectivity index (χ4v) is 1.75. The highest BCUT2D eigenvalue weighted by Gasteiger charge is 2.05. The van der Waals surface area contributed by atoms with Crippen molar-refractivity contribution in [1.82, 2.24) is 4.90 Å². The summed E-state index contributed by atoms with van der Waals surface area (Å²) in [6.45, 7) is 15.9. The molecule has 0 aromatic rings. The van der Waals surface area contributed by atoms with Crippen LogP contribution in [0.4, 0.5) is 0 Å². The fourth-order valence-electron chi connectivity index (χ4n) is 1.75. The lowest BCUT2D eigenvalue weighted by Crippen LogP contribution is -2.24. The molecule has 2 N–H and O–H groups in total. The van der Waals surface area contributed by atoms with Crippen LogP contribution in [0.3, 0.4) is 0 Å². The van der Waals surface area contributed by atoms with Crippen LogP contribution >= 0.6 is 0 Å². The van der Waals surface area contributed by atoms with Gasteiger partial charge in [-0.2, -0.15) is 0 Å². The van der Waals surface area contributed by atoms with Crippen molar-refractivity contribution >= 4 is 0 Å². The molecule has 0 aromatic heterocycles. The number of nitrogens with two attached hydrogens (primary N) is 1. The summed E-state index contributed by atoms with van der Waals surface area (Å²) in [5.74, 6) is 0. The van der Waals surface area contributed by atoms with Crippen LogP contribution in [0.25, 0.3) is 0 Å². The van der Waals surface area contributed by atoms with E-state index in [4.69, 9.17) is 5.73 Å². The van der Waals surface area contributed by atoms with Crippen LogP contribution in [0.1, 0.15) is 60.8 Å². The van der Waals surface area contributed by atoms with Gasteiger partial charge in [-0.25, -0.2) is 0 Å². The second kappa shape index (κ2) is 14.3. The minimum Gasteiger partial charge on any atom is -0.402 e. The Morgan fingerprint density at radius 2 is 1.56 bits per heavy atom. The molecule has 0 spiro atoms. The van der Waals surface area contributed by atoms with E-state index in [-0.39, 0.29) is 0 Å². The first-order valence-corrected chi connectivity index (χ1v) is 7.62. The smallest absolute Gasteiger partial charge is 0.00836 e. The molecule has 1 rings (SSSR count). The minimum absolute atomic E-state index is 1.02. The van der Waals surface area contributed by atoms with Crippen LogP contribution < -0.4 is 5.73 Å². The van der Waals surface area contributed by atoms with Crippen LogP contribution in [0.2, 0.25) is 0 Å². The van der Waals surface area contributed by atoms with E-state index in [0.29, 0.717) is 0 Å². The third-order valence-electron chi connectivity index (χ3n) is 2.91. The SMILES string of the molecule is CC.CC.CCN(CC)CCC1=CC=C(N)CC1. The van der Waals surface area contributed by atoms with Crippen molar-refractivity contribution in [2.75, 3.05) is 19.6 Å². The maximum atomic E-state index is 5.71. The molecule has 0 saturated carbocycles. The molecule has 108 valence electrons. The van der Waals surface area contributed by atoms with E-state index in [1.54, 1.807) is 5.57 Å². The summed E-state index contributed by atoms with van der Waals surface area (Å²) in [6, 6.07) is 0. The summed E-state index contributed by atoms with van der Waals surface area (Å²) in [4.78, 5) is 2.46. The van der Waals surface area contributed by atoms with Crippen LogP contribution in [-0.4, -0.2) is 24.5 Å². The standard InChI is InChI=1S/C12H22N2.2C2H6/c1-3-14(4-2)10-9-11-5-7-12(13)8-6-11;2*1-2/h5,7H,3-4,6,8-10,13H2,1-2H3;2*1-2H3. The Kier molecular flexibility index (Phi) is 15.6.